The second kappa shape index (κ2) is 6.34. The van der Waals surface area contributed by atoms with Crippen LogP contribution < -0.4 is 5.32 Å². The van der Waals surface area contributed by atoms with Crippen LogP contribution in [-0.4, -0.2) is 23.7 Å². The Morgan fingerprint density at radius 1 is 1.33 bits per heavy atom. The Morgan fingerprint density at radius 3 is 2.39 bits per heavy atom. The number of carbonyl (C=O) groups excluding carboxylic acids is 1. The van der Waals surface area contributed by atoms with Crippen molar-refractivity contribution in [2.24, 2.45) is 5.41 Å². The van der Waals surface area contributed by atoms with Crippen molar-refractivity contribution >= 4 is 21.8 Å². The number of benzene rings is 1. The van der Waals surface area contributed by atoms with Gasteiger partial charge in [0.15, 0.2) is 0 Å². The van der Waals surface area contributed by atoms with Crippen LogP contribution in [0.4, 0.5) is 0 Å². The number of nitrogens with one attached hydrogen (secondary N) is 1. The van der Waals surface area contributed by atoms with Crippen LogP contribution in [0.2, 0.25) is 0 Å². The van der Waals surface area contributed by atoms with Crippen molar-refractivity contribution in [1.82, 2.24) is 5.32 Å². The van der Waals surface area contributed by atoms with Crippen LogP contribution in [0.25, 0.3) is 0 Å². The highest BCUT2D eigenvalue weighted by molar-refractivity contribution is 9.10. The fourth-order valence-electron chi connectivity index (χ4n) is 1.46. The first kappa shape index (κ1) is 15.2. The molecule has 0 aliphatic rings. The summed E-state index contributed by atoms with van der Waals surface area (Å²) in [6, 6.07) is 7.19. The molecule has 0 fully saturated rings. The van der Waals surface area contributed by atoms with Gasteiger partial charge in [-0.3, -0.25) is 4.79 Å². The number of aliphatic hydroxyl groups excluding tert-OH is 1. The van der Waals surface area contributed by atoms with Crippen molar-refractivity contribution in [3.63, 3.8) is 0 Å². The minimum Gasteiger partial charge on any atom is -0.393 e. The molecule has 1 amide bonds. The Hall–Kier alpha value is -0.870. The number of hydrogen-bond acceptors (Lipinski definition) is 2. The lowest BCUT2D eigenvalue weighted by atomic mass is 9.87. The molecule has 100 valence electrons. The lowest BCUT2D eigenvalue weighted by molar-refractivity contribution is 0.0551. The Balaban J connectivity index is 2.40. The van der Waals surface area contributed by atoms with Crippen molar-refractivity contribution in [1.29, 1.82) is 0 Å². The SMILES string of the molecule is CC(C)(C)[C@@H](O)CCNC(=O)c1ccc(Br)cc1. The highest BCUT2D eigenvalue weighted by Gasteiger charge is 2.21. The average Bonchev–Trinajstić information content (AvgIpc) is 2.28. The van der Waals surface area contributed by atoms with E-state index in [0.29, 0.717) is 18.5 Å². The largest absolute Gasteiger partial charge is 0.393 e. The molecule has 4 heteroatoms. The van der Waals surface area contributed by atoms with Crippen molar-refractivity contribution in [3.05, 3.63) is 34.3 Å². The van der Waals surface area contributed by atoms with Crippen LogP contribution in [-0.2, 0) is 0 Å². The van der Waals surface area contributed by atoms with Crippen molar-refractivity contribution in [2.75, 3.05) is 6.54 Å². The van der Waals surface area contributed by atoms with Gasteiger partial charge >= 0.3 is 0 Å². The highest BCUT2D eigenvalue weighted by atomic mass is 79.9. The topological polar surface area (TPSA) is 49.3 Å². The molecular weight excluding hydrogens is 294 g/mol. The van der Waals surface area contributed by atoms with Gasteiger partial charge in [0.1, 0.15) is 0 Å². The molecule has 18 heavy (non-hydrogen) atoms. The van der Waals surface area contributed by atoms with E-state index in [1.165, 1.54) is 0 Å². The number of aliphatic hydroxyl groups is 1. The summed E-state index contributed by atoms with van der Waals surface area (Å²) < 4.78 is 0.946. The minimum atomic E-state index is -0.414. The molecule has 1 aromatic carbocycles. The first-order valence-electron chi connectivity index (χ1n) is 6.02. The maximum Gasteiger partial charge on any atom is 0.251 e. The van der Waals surface area contributed by atoms with Crippen LogP contribution in [0.3, 0.4) is 0 Å². The molecule has 1 atom stereocenters. The monoisotopic (exact) mass is 313 g/mol. The van der Waals surface area contributed by atoms with E-state index in [9.17, 15) is 9.90 Å². The molecule has 1 aromatic rings. The zero-order valence-electron chi connectivity index (χ0n) is 11.0. The molecule has 0 aliphatic heterocycles. The molecule has 0 aromatic heterocycles. The normalized spacial score (nSPS) is 13.2. The Morgan fingerprint density at radius 2 is 1.89 bits per heavy atom. The third-order valence-electron chi connectivity index (χ3n) is 2.81. The smallest absolute Gasteiger partial charge is 0.251 e. The fraction of sp³-hybridized carbons (Fsp3) is 0.500. The Labute approximate surface area is 117 Å². The van der Waals surface area contributed by atoms with Gasteiger partial charge in [0.05, 0.1) is 6.10 Å². The molecule has 0 bridgehead atoms. The van der Waals surface area contributed by atoms with E-state index in [4.69, 9.17) is 0 Å². The average molecular weight is 314 g/mol. The lowest BCUT2D eigenvalue weighted by Crippen LogP contribution is -2.32. The van der Waals surface area contributed by atoms with Crippen LogP contribution in [0, 0.1) is 5.41 Å². The standard InChI is InChI=1S/C14H20BrNO2/c1-14(2,3)12(17)8-9-16-13(18)10-4-6-11(15)7-5-10/h4-7,12,17H,8-9H2,1-3H3,(H,16,18)/t12-/m0/s1. The molecule has 0 saturated heterocycles. The second-order valence-electron chi connectivity index (χ2n) is 5.43. The molecule has 1 rings (SSSR count). The van der Waals surface area contributed by atoms with Crippen molar-refractivity contribution in [2.45, 2.75) is 33.3 Å². The number of amides is 1. The second-order valence-corrected chi connectivity index (χ2v) is 6.35. The fourth-order valence-corrected chi connectivity index (χ4v) is 1.72. The lowest BCUT2D eigenvalue weighted by Gasteiger charge is -2.25. The minimum absolute atomic E-state index is 0.108. The van der Waals surface area contributed by atoms with Crippen LogP contribution in [0.5, 0.6) is 0 Å². The summed E-state index contributed by atoms with van der Waals surface area (Å²) in [5, 5.41) is 12.7. The van der Waals surface area contributed by atoms with E-state index >= 15 is 0 Å². The van der Waals surface area contributed by atoms with E-state index in [1.807, 2.05) is 32.9 Å². The van der Waals surface area contributed by atoms with E-state index in [1.54, 1.807) is 12.1 Å². The molecule has 2 N–H and O–H groups in total. The third-order valence-corrected chi connectivity index (χ3v) is 3.34. The summed E-state index contributed by atoms with van der Waals surface area (Å²) in [6.45, 7) is 6.42. The first-order chi connectivity index (χ1) is 8.30. The van der Waals surface area contributed by atoms with Gasteiger partial charge in [-0.05, 0) is 36.1 Å². The number of hydrogen-bond donors (Lipinski definition) is 2. The predicted molar refractivity (Wildman–Crippen MR) is 76.6 cm³/mol. The van der Waals surface area contributed by atoms with Gasteiger partial charge in [0.25, 0.3) is 5.91 Å². The summed E-state index contributed by atoms with van der Waals surface area (Å²) in [6.07, 6.45) is 0.147. The van der Waals surface area contributed by atoms with Crippen LogP contribution in [0.15, 0.2) is 28.7 Å². The molecule has 0 unspecified atom stereocenters. The summed E-state index contributed by atoms with van der Waals surface area (Å²) in [5.74, 6) is -0.108. The maximum atomic E-state index is 11.8. The zero-order chi connectivity index (χ0) is 13.8. The van der Waals surface area contributed by atoms with E-state index in [0.717, 1.165) is 4.47 Å². The van der Waals surface area contributed by atoms with E-state index in [2.05, 4.69) is 21.2 Å². The predicted octanol–water partition coefficient (Wildman–Crippen LogP) is 2.98. The molecule has 0 heterocycles. The summed E-state index contributed by atoms with van der Waals surface area (Å²) in [4.78, 5) is 11.8. The summed E-state index contributed by atoms with van der Waals surface area (Å²) in [5.41, 5.74) is 0.478. The Kier molecular flexibility index (Phi) is 5.35. The third kappa shape index (κ3) is 4.78. The van der Waals surface area contributed by atoms with Gasteiger partial charge in [-0.15, -0.1) is 0 Å². The molecule has 3 nitrogen and oxygen atoms in total. The van der Waals surface area contributed by atoms with Gasteiger partial charge in [0, 0.05) is 16.6 Å². The molecule has 0 spiro atoms. The molecule has 0 aliphatic carbocycles. The summed E-state index contributed by atoms with van der Waals surface area (Å²) >= 11 is 3.32. The van der Waals surface area contributed by atoms with E-state index < -0.39 is 6.10 Å². The zero-order valence-corrected chi connectivity index (χ0v) is 12.6. The highest BCUT2D eigenvalue weighted by Crippen LogP contribution is 2.21. The Bertz CT molecular complexity index is 395. The van der Waals surface area contributed by atoms with Gasteiger partial charge < -0.3 is 10.4 Å². The van der Waals surface area contributed by atoms with Crippen LogP contribution >= 0.6 is 15.9 Å². The number of rotatable bonds is 4. The molecule has 0 saturated carbocycles. The van der Waals surface area contributed by atoms with Crippen LogP contribution in [0.1, 0.15) is 37.6 Å². The number of carbonyl (C=O) groups is 1. The molecular formula is C14H20BrNO2. The maximum absolute atomic E-state index is 11.8. The van der Waals surface area contributed by atoms with Gasteiger partial charge in [-0.1, -0.05) is 36.7 Å². The molecule has 0 radical (unpaired) electrons. The van der Waals surface area contributed by atoms with E-state index in [-0.39, 0.29) is 11.3 Å². The van der Waals surface area contributed by atoms with Gasteiger partial charge in [0.2, 0.25) is 0 Å². The quantitative estimate of drug-likeness (QED) is 0.897. The summed E-state index contributed by atoms with van der Waals surface area (Å²) in [7, 11) is 0. The first-order valence-corrected chi connectivity index (χ1v) is 6.82. The number of halogens is 1. The van der Waals surface area contributed by atoms with Gasteiger partial charge in [-0.2, -0.15) is 0 Å². The van der Waals surface area contributed by atoms with Crippen molar-refractivity contribution < 1.29 is 9.90 Å². The van der Waals surface area contributed by atoms with Crippen molar-refractivity contribution in [3.8, 4) is 0 Å². The van der Waals surface area contributed by atoms with Gasteiger partial charge in [-0.25, -0.2) is 0 Å².